The number of rotatable bonds is 3. The Morgan fingerprint density at radius 2 is 1.96 bits per heavy atom. The summed E-state index contributed by atoms with van der Waals surface area (Å²) in [7, 11) is -3.50. The summed E-state index contributed by atoms with van der Waals surface area (Å²) in [5.74, 6) is 0.0696. The number of hydrogen-bond donors (Lipinski definition) is 4. The highest BCUT2D eigenvalue weighted by molar-refractivity contribution is 8.23. The molecule has 1 aliphatic carbocycles. The lowest BCUT2D eigenvalue weighted by Crippen LogP contribution is -2.32. The van der Waals surface area contributed by atoms with E-state index in [1.807, 2.05) is 0 Å². The van der Waals surface area contributed by atoms with Crippen molar-refractivity contribution >= 4 is 33.3 Å². The number of amidine groups is 1. The van der Waals surface area contributed by atoms with Crippen LogP contribution in [0.1, 0.15) is 18.4 Å². The molecule has 4 N–H and O–H groups in total. The summed E-state index contributed by atoms with van der Waals surface area (Å²) in [5, 5.41) is 14.2. The number of nitrogens with one attached hydrogen (secondary N) is 1. The lowest BCUT2D eigenvalue weighted by Gasteiger charge is -2.34. The van der Waals surface area contributed by atoms with E-state index in [-0.39, 0.29) is 22.0 Å². The minimum atomic E-state index is -3.50. The minimum Gasteiger partial charge on any atom is -0.506 e. The first-order valence-corrected chi connectivity index (χ1v) is 10.4. The monoisotopic (exact) mass is 398 g/mol. The molecule has 9 heteroatoms. The molecule has 3 aromatic rings. The summed E-state index contributed by atoms with van der Waals surface area (Å²) < 4.78 is 26.5. The molecule has 0 saturated heterocycles. The molecular weight excluding hydrogens is 380 g/mol. The van der Waals surface area contributed by atoms with Gasteiger partial charge in [0.2, 0.25) is 0 Å². The van der Waals surface area contributed by atoms with Gasteiger partial charge in [0, 0.05) is 12.7 Å². The molecule has 0 bridgehead atoms. The number of pyridine rings is 2. The lowest BCUT2D eigenvalue weighted by molar-refractivity contribution is 0.476. The van der Waals surface area contributed by atoms with Gasteiger partial charge >= 0.3 is 0 Å². The van der Waals surface area contributed by atoms with Crippen molar-refractivity contribution in [1.82, 2.24) is 9.55 Å². The second-order valence-electron chi connectivity index (χ2n) is 7.04. The molecule has 0 radical (unpaired) electrons. The molecule has 1 aromatic carbocycles. The van der Waals surface area contributed by atoms with Crippen LogP contribution in [-0.4, -0.2) is 29.6 Å². The summed E-state index contributed by atoms with van der Waals surface area (Å²) >= 11 is 0. The van der Waals surface area contributed by atoms with Crippen LogP contribution in [0.3, 0.4) is 0 Å². The Kier molecular flexibility index (Phi) is 3.73. The molecule has 5 rings (SSSR count). The van der Waals surface area contributed by atoms with Crippen molar-refractivity contribution in [3.8, 4) is 5.75 Å². The van der Waals surface area contributed by atoms with E-state index in [2.05, 4.69) is 14.7 Å². The van der Waals surface area contributed by atoms with E-state index in [0.717, 1.165) is 12.8 Å². The van der Waals surface area contributed by atoms with E-state index < -0.39 is 16.3 Å². The van der Waals surface area contributed by atoms with E-state index in [1.165, 1.54) is 0 Å². The molecule has 0 unspecified atom stereocenters. The number of nitrogens with zero attached hydrogens (tertiary/aromatic N) is 3. The smallest absolute Gasteiger partial charge is 0.267 e. The maximum Gasteiger partial charge on any atom is 0.267 e. The van der Waals surface area contributed by atoms with Gasteiger partial charge in [0.15, 0.2) is 5.84 Å². The molecule has 2 aromatic heterocycles. The summed E-state index contributed by atoms with van der Waals surface area (Å²) in [6, 6.07) is 10.0. The Morgan fingerprint density at radius 1 is 1.18 bits per heavy atom. The number of para-hydroxylation sites is 1. The largest absolute Gasteiger partial charge is 0.506 e. The first-order chi connectivity index (χ1) is 13.5. The van der Waals surface area contributed by atoms with Gasteiger partial charge in [-0.1, -0.05) is 22.9 Å². The average molecular weight is 398 g/mol. The first kappa shape index (κ1) is 17.2. The highest BCUT2D eigenvalue weighted by Gasteiger charge is 2.31. The fraction of sp³-hybridized carbons (Fsp3) is 0.211. The molecule has 2 aliphatic rings. The van der Waals surface area contributed by atoms with Crippen molar-refractivity contribution in [3.63, 3.8) is 0 Å². The lowest BCUT2D eigenvalue weighted by atomic mass is 10.1. The van der Waals surface area contributed by atoms with Gasteiger partial charge in [0.05, 0.1) is 11.1 Å². The van der Waals surface area contributed by atoms with Crippen LogP contribution >= 0.6 is 10.8 Å². The van der Waals surface area contributed by atoms with Crippen molar-refractivity contribution in [1.29, 1.82) is 0 Å². The molecule has 144 valence electrons. The van der Waals surface area contributed by atoms with Gasteiger partial charge in [0.25, 0.3) is 5.56 Å². The molecule has 28 heavy (non-hydrogen) atoms. The van der Waals surface area contributed by atoms with Gasteiger partial charge < -0.3 is 10.4 Å². The van der Waals surface area contributed by atoms with Gasteiger partial charge in [0.1, 0.15) is 21.9 Å². The molecule has 8 nitrogen and oxygen atoms in total. The van der Waals surface area contributed by atoms with Crippen LogP contribution in [0.25, 0.3) is 11.0 Å². The van der Waals surface area contributed by atoms with Gasteiger partial charge in [-0.25, -0.2) is 4.98 Å². The van der Waals surface area contributed by atoms with Crippen molar-refractivity contribution in [2.75, 3.05) is 5.32 Å². The Morgan fingerprint density at radius 3 is 2.75 bits per heavy atom. The third-order valence-corrected chi connectivity index (χ3v) is 6.40. The second kappa shape index (κ2) is 6.06. The number of aromatic nitrogens is 2. The first-order valence-electron chi connectivity index (χ1n) is 8.91. The van der Waals surface area contributed by atoms with Crippen LogP contribution < -0.4 is 10.9 Å². The number of aromatic hydroxyl groups is 1. The van der Waals surface area contributed by atoms with Crippen molar-refractivity contribution in [3.05, 3.63) is 58.5 Å². The SMILES string of the molecule is O=c1c(C2=NS(O)(O)c3ccccc3N2)c(O)c2cccnc2n1CC1CC1. The van der Waals surface area contributed by atoms with Gasteiger partial charge in [-0.3, -0.25) is 18.5 Å². The van der Waals surface area contributed by atoms with Crippen LogP contribution in [0.15, 0.2) is 56.7 Å². The maximum absolute atomic E-state index is 13.3. The predicted molar refractivity (Wildman–Crippen MR) is 108 cm³/mol. The summed E-state index contributed by atoms with van der Waals surface area (Å²) in [5.41, 5.74) is 0.294. The quantitative estimate of drug-likeness (QED) is 0.537. The third-order valence-electron chi connectivity index (χ3n) is 5.02. The van der Waals surface area contributed by atoms with E-state index in [1.54, 1.807) is 47.2 Å². The van der Waals surface area contributed by atoms with Crippen LogP contribution in [0.5, 0.6) is 5.75 Å². The Labute approximate surface area is 161 Å². The standard InChI is InChI=1S/C19H18N4O4S/c24-16-12-4-3-9-20-18(12)23(10-11-7-8-11)19(25)15(16)17-21-13-5-1-2-6-14(13)28(26,27)22-17/h1-6,9,11,24,26-27H,7-8,10H2,(H,21,22). The fourth-order valence-electron chi connectivity index (χ4n) is 3.45. The van der Waals surface area contributed by atoms with Crippen LogP contribution in [0.2, 0.25) is 0 Å². The van der Waals surface area contributed by atoms with E-state index in [4.69, 9.17) is 0 Å². The van der Waals surface area contributed by atoms with E-state index >= 15 is 0 Å². The topological polar surface area (TPSA) is 120 Å². The summed E-state index contributed by atoms with van der Waals surface area (Å²) in [6.07, 6.45) is 3.67. The van der Waals surface area contributed by atoms with Gasteiger partial charge in [-0.2, -0.15) is 0 Å². The molecule has 0 spiro atoms. The number of benzene rings is 1. The molecule has 0 atom stereocenters. The summed E-state index contributed by atoms with van der Waals surface area (Å²) in [4.78, 5) is 17.8. The fourth-order valence-corrected chi connectivity index (χ4v) is 4.61. The van der Waals surface area contributed by atoms with Crippen molar-refractivity contribution in [2.24, 2.45) is 10.3 Å². The Hall–Kier alpha value is -2.88. The second-order valence-corrected chi connectivity index (χ2v) is 8.70. The predicted octanol–water partition coefficient (Wildman–Crippen LogP) is 3.41. The zero-order valence-corrected chi connectivity index (χ0v) is 15.6. The van der Waals surface area contributed by atoms with E-state index in [0.29, 0.717) is 29.2 Å². The van der Waals surface area contributed by atoms with Crippen molar-refractivity contribution in [2.45, 2.75) is 24.3 Å². The Balaban J connectivity index is 1.76. The molecule has 1 aliphatic heterocycles. The molecular formula is C19H18N4O4S. The zero-order valence-electron chi connectivity index (χ0n) is 14.7. The summed E-state index contributed by atoms with van der Waals surface area (Å²) in [6.45, 7) is 0.500. The highest BCUT2D eigenvalue weighted by Crippen LogP contribution is 2.55. The number of anilines is 1. The molecule has 0 amide bonds. The van der Waals surface area contributed by atoms with E-state index in [9.17, 15) is 19.0 Å². The highest BCUT2D eigenvalue weighted by atomic mass is 32.3. The normalized spacial score (nSPS) is 18.9. The zero-order chi connectivity index (χ0) is 19.5. The van der Waals surface area contributed by atoms with Crippen LogP contribution in [-0.2, 0) is 6.54 Å². The molecule has 3 heterocycles. The molecule has 1 saturated carbocycles. The van der Waals surface area contributed by atoms with Crippen LogP contribution in [0.4, 0.5) is 5.69 Å². The third kappa shape index (κ3) is 2.67. The number of fused-ring (bicyclic) bond motifs is 2. The van der Waals surface area contributed by atoms with Gasteiger partial charge in [-0.05, 0) is 43.0 Å². The maximum atomic E-state index is 13.3. The van der Waals surface area contributed by atoms with Crippen LogP contribution in [0, 0.1) is 5.92 Å². The Bertz CT molecular complexity index is 1200. The minimum absolute atomic E-state index is 0.0588. The average Bonchev–Trinajstić information content (AvgIpc) is 3.49. The van der Waals surface area contributed by atoms with Gasteiger partial charge in [-0.15, -0.1) is 4.40 Å². The molecule has 1 fully saturated rings. The van der Waals surface area contributed by atoms with Crippen molar-refractivity contribution < 1.29 is 14.2 Å². The number of hydrogen-bond acceptors (Lipinski definition) is 7.